The van der Waals surface area contributed by atoms with Gasteiger partial charge in [-0.2, -0.15) is 0 Å². The fourth-order valence-electron chi connectivity index (χ4n) is 5.15. The zero-order chi connectivity index (χ0) is 34.6. The number of aliphatic hydroxyl groups is 4. The highest BCUT2D eigenvalue weighted by Gasteiger charge is 2.51. The van der Waals surface area contributed by atoms with E-state index in [1.54, 1.807) is 24.3 Å². The number of aromatic hydroxyl groups is 2. The van der Waals surface area contributed by atoms with Crippen LogP contribution in [0.4, 0.5) is 5.69 Å². The molecule has 0 heterocycles. The molecule has 1 saturated carbocycles. The minimum atomic E-state index is -2.38. The molecule has 47 heavy (non-hydrogen) atoms. The van der Waals surface area contributed by atoms with Crippen molar-refractivity contribution in [1.82, 2.24) is 5.32 Å². The van der Waals surface area contributed by atoms with Crippen LogP contribution in [0.5, 0.6) is 17.2 Å². The Kier molecular flexibility index (Phi) is 14.0. The molecule has 8 N–H and O–H groups in total. The van der Waals surface area contributed by atoms with Crippen molar-refractivity contribution in [3.8, 4) is 17.2 Å². The lowest BCUT2D eigenvalue weighted by Crippen LogP contribution is -2.62. The van der Waals surface area contributed by atoms with Crippen molar-refractivity contribution in [3.63, 3.8) is 0 Å². The highest BCUT2D eigenvalue weighted by molar-refractivity contribution is 5.99. The van der Waals surface area contributed by atoms with Crippen LogP contribution in [0.3, 0.4) is 0 Å². The van der Waals surface area contributed by atoms with Gasteiger partial charge in [0, 0.05) is 24.6 Å². The molecule has 13 nitrogen and oxygen atoms in total. The summed E-state index contributed by atoms with van der Waals surface area (Å²) in [5.74, 6) is -3.02. The number of ether oxygens (including phenoxy) is 2. The van der Waals surface area contributed by atoms with Crippen LogP contribution >= 0.6 is 0 Å². The number of esters is 1. The summed E-state index contributed by atoms with van der Waals surface area (Å²) >= 11 is 0. The highest BCUT2D eigenvalue weighted by atomic mass is 16.6. The van der Waals surface area contributed by atoms with Gasteiger partial charge in [-0.3, -0.25) is 9.59 Å². The van der Waals surface area contributed by atoms with E-state index in [0.29, 0.717) is 23.6 Å². The van der Waals surface area contributed by atoms with E-state index < -0.39 is 72.4 Å². The number of hydrogen-bond donors (Lipinski definition) is 8. The Morgan fingerprint density at radius 3 is 2.32 bits per heavy atom. The van der Waals surface area contributed by atoms with E-state index in [1.807, 2.05) is 0 Å². The minimum Gasteiger partial charge on any atom is -0.504 e. The zero-order valence-corrected chi connectivity index (χ0v) is 26.7. The second-order valence-corrected chi connectivity index (χ2v) is 11.9. The second-order valence-electron chi connectivity index (χ2n) is 11.9. The summed E-state index contributed by atoms with van der Waals surface area (Å²) in [6.45, 7) is 4.02. The van der Waals surface area contributed by atoms with Crippen LogP contribution in [-0.4, -0.2) is 91.1 Å². The number of anilines is 1. The van der Waals surface area contributed by atoms with Crippen LogP contribution in [-0.2, 0) is 19.1 Å². The third-order valence-corrected chi connectivity index (χ3v) is 7.90. The molecule has 13 heteroatoms. The molecular formula is C34H46N2O11. The van der Waals surface area contributed by atoms with Crippen LogP contribution in [0.1, 0.15) is 70.8 Å². The van der Waals surface area contributed by atoms with Crippen molar-refractivity contribution in [2.24, 2.45) is 0 Å². The average Bonchev–Trinajstić information content (AvgIpc) is 3.02. The molecule has 2 aromatic carbocycles. The third-order valence-electron chi connectivity index (χ3n) is 7.90. The number of benzene rings is 2. The predicted molar refractivity (Wildman–Crippen MR) is 172 cm³/mol. The monoisotopic (exact) mass is 658 g/mol. The number of phenols is 2. The largest absolute Gasteiger partial charge is 0.504 e. The Morgan fingerprint density at radius 2 is 1.66 bits per heavy atom. The van der Waals surface area contributed by atoms with Crippen molar-refractivity contribution in [2.45, 2.75) is 101 Å². The molecule has 1 aliphatic rings. The number of carbonyl (C=O) groups excluding carboxylic acids is 3. The number of amides is 2. The first kappa shape index (κ1) is 37.3. The molecule has 2 aromatic rings. The number of aliphatic hydroxyl groups excluding tert-OH is 3. The Balaban J connectivity index is 1.57. The minimum absolute atomic E-state index is 0.340. The lowest BCUT2D eigenvalue weighted by Gasteiger charge is -2.41. The van der Waals surface area contributed by atoms with E-state index in [-0.39, 0.29) is 5.75 Å². The van der Waals surface area contributed by atoms with Gasteiger partial charge in [-0.25, -0.2) is 4.79 Å². The first-order chi connectivity index (χ1) is 22.3. The Bertz CT molecular complexity index is 1360. The topological polar surface area (TPSA) is 215 Å². The molecule has 1 fully saturated rings. The van der Waals surface area contributed by atoms with Gasteiger partial charge >= 0.3 is 5.97 Å². The summed E-state index contributed by atoms with van der Waals surface area (Å²) in [5.41, 5.74) is -1.66. The first-order valence-electron chi connectivity index (χ1n) is 15.8. The van der Waals surface area contributed by atoms with E-state index in [4.69, 9.17) is 9.47 Å². The SMILES string of the molecule is CCCCCCCCOc1ccc(NC(=O)C(NC(=O)[C@]2(O)C[C@@H](O)[C@@H](O)[C@H](OC(=O)/C=C/c3ccc(O)c(O)c3)C2)C(C)O)cc1. The van der Waals surface area contributed by atoms with E-state index in [0.717, 1.165) is 18.9 Å². The van der Waals surface area contributed by atoms with Gasteiger partial charge in [-0.1, -0.05) is 45.1 Å². The summed E-state index contributed by atoms with van der Waals surface area (Å²) in [6, 6.07) is 8.90. The highest BCUT2D eigenvalue weighted by Crippen LogP contribution is 2.32. The summed E-state index contributed by atoms with van der Waals surface area (Å²) in [5, 5.41) is 66.2. The molecule has 0 aliphatic heterocycles. The number of unbranched alkanes of at least 4 members (excludes halogenated alkanes) is 5. The predicted octanol–water partition coefficient (Wildman–Crippen LogP) is 2.51. The molecule has 258 valence electrons. The zero-order valence-electron chi connectivity index (χ0n) is 26.7. The lowest BCUT2D eigenvalue weighted by molar-refractivity contribution is -0.187. The molecule has 0 radical (unpaired) electrons. The van der Waals surface area contributed by atoms with Crippen LogP contribution in [0.2, 0.25) is 0 Å². The van der Waals surface area contributed by atoms with Gasteiger partial charge in [0.15, 0.2) is 11.5 Å². The van der Waals surface area contributed by atoms with Gasteiger partial charge in [-0.15, -0.1) is 0 Å². The van der Waals surface area contributed by atoms with Gasteiger partial charge in [-0.05, 0) is 61.4 Å². The van der Waals surface area contributed by atoms with Crippen LogP contribution < -0.4 is 15.4 Å². The molecule has 2 unspecified atom stereocenters. The van der Waals surface area contributed by atoms with Crippen molar-refractivity contribution in [3.05, 3.63) is 54.1 Å². The maximum Gasteiger partial charge on any atom is 0.331 e. The number of phenolic OH excluding ortho intramolecular Hbond substituents is 2. The standard InChI is InChI=1S/C34H46N2O11/c1-3-4-5-6-7-8-17-46-24-13-11-23(12-14-24)35-32(43)30(21(2)37)36-33(44)34(45)19-27(40)31(42)28(20-34)47-29(41)16-10-22-9-15-25(38)26(39)18-22/h9-16,18,21,27-28,30-31,37-40,42,45H,3-8,17,19-20H2,1-2H3,(H,35,43)(H,36,44)/b16-10+/t21?,27-,28-,30?,31-,34+/m1/s1. The fourth-order valence-corrected chi connectivity index (χ4v) is 5.15. The molecular weight excluding hydrogens is 612 g/mol. The molecule has 0 aromatic heterocycles. The molecule has 0 saturated heterocycles. The van der Waals surface area contributed by atoms with Crippen molar-refractivity contribution >= 4 is 29.5 Å². The summed E-state index contributed by atoms with van der Waals surface area (Å²) in [7, 11) is 0. The van der Waals surface area contributed by atoms with E-state index in [9.17, 15) is 45.0 Å². The molecule has 6 atom stereocenters. The Morgan fingerprint density at radius 1 is 0.979 bits per heavy atom. The van der Waals surface area contributed by atoms with Crippen molar-refractivity contribution in [2.75, 3.05) is 11.9 Å². The Hall–Kier alpha value is -4.17. The van der Waals surface area contributed by atoms with E-state index in [1.165, 1.54) is 56.9 Å². The molecule has 1 aliphatic carbocycles. The third kappa shape index (κ3) is 11.2. The summed E-state index contributed by atoms with van der Waals surface area (Å²) < 4.78 is 11.0. The second kappa shape index (κ2) is 17.7. The van der Waals surface area contributed by atoms with Gasteiger partial charge < -0.3 is 50.7 Å². The van der Waals surface area contributed by atoms with E-state index in [2.05, 4.69) is 17.6 Å². The lowest BCUT2D eigenvalue weighted by atomic mass is 9.78. The average molecular weight is 659 g/mol. The van der Waals surface area contributed by atoms with Gasteiger partial charge in [0.1, 0.15) is 29.6 Å². The normalized spacial score (nSPS) is 22.3. The molecule has 2 amide bonds. The van der Waals surface area contributed by atoms with Gasteiger partial charge in [0.05, 0.1) is 18.8 Å². The van der Waals surface area contributed by atoms with E-state index >= 15 is 0 Å². The van der Waals surface area contributed by atoms with Crippen molar-refractivity contribution in [1.29, 1.82) is 0 Å². The summed E-state index contributed by atoms with van der Waals surface area (Å²) in [4.78, 5) is 38.7. The number of nitrogens with one attached hydrogen (secondary N) is 2. The first-order valence-corrected chi connectivity index (χ1v) is 15.8. The van der Waals surface area contributed by atoms with Crippen LogP contribution in [0, 0.1) is 0 Å². The number of hydrogen-bond acceptors (Lipinski definition) is 11. The number of rotatable bonds is 16. The van der Waals surface area contributed by atoms with Crippen LogP contribution in [0.25, 0.3) is 6.08 Å². The quantitative estimate of drug-likeness (QED) is 0.0568. The van der Waals surface area contributed by atoms with Crippen molar-refractivity contribution < 1.29 is 54.5 Å². The number of carbonyl (C=O) groups is 3. The molecule has 0 bridgehead atoms. The van der Waals surface area contributed by atoms with Gasteiger partial charge in [0.25, 0.3) is 5.91 Å². The van der Waals surface area contributed by atoms with Gasteiger partial charge in [0.2, 0.25) is 5.91 Å². The maximum absolute atomic E-state index is 13.2. The molecule has 0 spiro atoms. The fraction of sp³-hybridized carbons (Fsp3) is 0.500. The molecule has 3 rings (SSSR count). The van der Waals surface area contributed by atoms with Crippen LogP contribution in [0.15, 0.2) is 48.5 Å². The smallest absolute Gasteiger partial charge is 0.331 e. The summed E-state index contributed by atoms with van der Waals surface area (Å²) in [6.07, 6.45) is 1.60. The Labute approximate surface area is 273 Å². The maximum atomic E-state index is 13.2.